The molecule has 0 atom stereocenters. The van der Waals surface area contributed by atoms with Gasteiger partial charge in [-0.05, 0) is 18.4 Å². The average Bonchev–Trinajstić information content (AvgIpc) is 2.67. The normalized spacial score (nSPS) is 11.2. The molecule has 0 saturated carbocycles. The van der Waals surface area contributed by atoms with Crippen LogP contribution in [0.5, 0.6) is 5.88 Å². The third-order valence-electron chi connectivity index (χ3n) is 2.54. The highest BCUT2D eigenvalue weighted by Crippen LogP contribution is 2.15. The highest BCUT2D eigenvalue weighted by molar-refractivity contribution is 5.71. The number of pyridine rings is 1. The van der Waals surface area contributed by atoms with E-state index in [0.717, 1.165) is 29.8 Å². The van der Waals surface area contributed by atoms with E-state index < -0.39 is 0 Å². The number of ether oxygens (including phenoxy) is 1. The number of rotatable bonds is 4. The first-order valence-corrected chi connectivity index (χ1v) is 5.58. The number of aromatic nitrogens is 3. The standard InChI is InChI=1S/C12H17N3O/c1-8(2)4-6-10-13-9-5-7-11(16-3)15-12(9)14-10/h5,7-8H,4,6H2,1-3H3,(H,13,14,15). The molecule has 0 aromatic carbocycles. The molecule has 0 amide bonds. The Bertz CT molecular complexity index is 476. The zero-order chi connectivity index (χ0) is 11.5. The van der Waals surface area contributed by atoms with Gasteiger partial charge in [-0.2, -0.15) is 4.98 Å². The molecule has 0 aliphatic heterocycles. The topological polar surface area (TPSA) is 50.8 Å². The summed E-state index contributed by atoms with van der Waals surface area (Å²) in [4.78, 5) is 12.0. The van der Waals surface area contributed by atoms with Gasteiger partial charge in [-0.25, -0.2) is 4.98 Å². The van der Waals surface area contributed by atoms with Gasteiger partial charge in [0.2, 0.25) is 5.88 Å². The van der Waals surface area contributed by atoms with Gasteiger partial charge >= 0.3 is 0 Å². The molecule has 1 N–H and O–H groups in total. The van der Waals surface area contributed by atoms with Crippen LogP contribution in [-0.2, 0) is 6.42 Å². The fourth-order valence-corrected chi connectivity index (χ4v) is 1.58. The van der Waals surface area contributed by atoms with Crippen molar-refractivity contribution < 1.29 is 4.74 Å². The predicted octanol–water partition coefficient (Wildman–Crippen LogP) is 2.56. The number of aryl methyl sites for hydroxylation is 1. The van der Waals surface area contributed by atoms with E-state index >= 15 is 0 Å². The number of hydrogen-bond donors (Lipinski definition) is 1. The molecule has 16 heavy (non-hydrogen) atoms. The van der Waals surface area contributed by atoms with Crippen molar-refractivity contribution >= 4 is 11.2 Å². The Morgan fingerprint density at radius 3 is 2.81 bits per heavy atom. The van der Waals surface area contributed by atoms with Crippen LogP contribution in [0.3, 0.4) is 0 Å². The minimum Gasteiger partial charge on any atom is -0.481 e. The van der Waals surface area contributed by atoms with Gasteiger partial charge in [-0.3, -0.25) is 0 Å². The second-order valence-electron chi connectivity index (χ2n) is 4.34. The van der Waals surface area contributed by atoms with Crippen LogP contribution in [0, 0.1) is 5.92 Å². The van der Waals surface area contributed by atoms with E-state index in [-0.39, 0.29) is 0 Å². The fraction of sp³-hybridized carbons (Fsp3) is 0.500. The molecule has 0 aliphatic carbocycles. The molecule has 4 heteroatoms. The molecule has 4 nitrogen and oxygen atoms in total. The minimum atomic E-state index is 0.606. The lowest BCUT2D eigenvalue weighted by molar-refractivity contribution is 0.399. The second-order valence-corrected chi connectivity index (χ2v) is 4.34. The highest BCUT2D eigenvalue weighted by atomic mass is 16.5. The lowest BCUT2D eigenvalue weighted by atomic mass is 10.1. The summed E-state index contributed by atoms with van der Waals surface area (Å²) in [6.45, 7) is 4.42. The van der Waals surface area contributed by atoms with E-state index in [9.17, 15) is 0 Å². The molecule has 2 aromatic rings. The van der Waals surface area contributed by atoms with Gasteiger partial charge in [0.05, 0.1) is 12.6 Å². The van der Waals surface area contributed by atoms with Gasteiger partial charge in [-0.1, -0.05) is 13.8 Å². The summed E-state index contributed by atoms with van der Waals surface area (Å²) >= 11 is 0. The van der Waals surface area contributed by atoms with E-state index in [4.69, 9.17) is 4.74 Å². The highest BCUT2D eigenvalue weighted by Gasteiger charge is 2.05. The van der Waals surface area contributed by atoms with Crippen LogP contribution in [0.25, 0.3) is 11.2 Å². The molecular formula is C12H17N3O. The summed E-state index contributed by atoms with van der Waals surface area (Å²) in [6, 6.07) is 3.79. The van der Waals surface area contributed by atoms with E-state index in [2.05, 4.69) is 28.8 Å². The van der Waals surface area contributed by atoms with Crippen LogP contribution in [-0.4, -0.2) is 22.1 Å². The second kappa shape index (κ2) is 4.51. The summed E-state index contributed by atoms with van der Waals surface area (Å²) in [5, 5.41) is 0. The molecule has 0 unspecified atom stereocenters. The minimum absolute atomic E-state index is 0.606. The lowest BCUT2D eigenvalue weighted by Crippen LogP contribution is -1.93. The molecule has 0 radical (unpaired) electrons. The zero-order valence-corrected chi connectivity index (χ0v) is 9.95. The lowest BCUT2D eigenvalue weighted by Gasteiger charge is -2.00. The molecule has 0 fully saturated rings. The SMILES string of the molecule is COc1ccc2[nH]c(CCC(C)C)nc2n1. The summed E-state index contributed by atoms with van der Waals surface area (Å²) in [5.41, 5.74) is 1.71. The van der Waals surface area contributed by atoms with Crippen molar-refractivity contribution in [2.45, 2.75) is 26.7 Å². The van der Waals surface area contributed by atoms with Crippen molar-refractivity contribution in [3.8, 4) is 5.88 Å². The van der Waals surface area contributed by atoms with Crippen molar-refractivity contribution in [2.75, 3.05) is 7.11 Å². The maximum absolute atomic E-state index is 5.06. The van der Waals surface area contributed by atoms with Crippen LogP contribution in [0.2, 0.25) is 0 Å². The van der Waals surface area contributed by atoms with Crippen LogP contribution in [0.15, 0.2) is 12.1 Å². The first-order valence-electron chi connectivity index (χ1n) is 5.58. The van der Waals surface area contributed by atoms with Crippen LogP contribution < -0.4 is 4.74 Å². The first kappa shape index (κ1) is 10.9. The van der Waals surface area contributed by atoms with Crippen molar-refractivity contribution in [2.24, 2.45) is 5.92 Å². The first-order chi connectivity index (χ1) is 7.69. The third-order valence-corrected chi connectivity index (χ3v) is 2.54. The number of methoxy groups -OCH3 is 1. The summed E-state index contributed by atoms with van der Waals surface area (Å²) in [7, 11) is 1.61. The van der Waals surface area contributed by atoms with Crippen LogP contribution >= 0.6 is 0 Å². The Morgan fingerprint density at radius 1 is 1.31 bits per heavy atom. The maximum Gasteiger partial charge on any atom is 0.215 e. The molecule has 0 spiro atoms. The number of imidazole rings is 1. The molecule has 0 aliphatic rings. The monoisotopic (exact) mass is 219 g/mol. The summed E-state index contributed by atoms with van der Waals surface area (Å²) < 4.78 is 5.06. The molecule has 2 heterocycles. The fourth-order valence-electron chi connectivity index (χ4n) is 1.58. The molecule has 2 aromatic heterocycles. The van der Waals surface area contributed by atoms with Gasteiger partial charge in [0.15, 0.2) is 5.65 Å². The van der Waals surface area contributed by atoms with Gasteiger partial charge in [0.1, 0.15) is 5.82 Å². The smallest absolute Gasteiger partial charge is 0.215 e. The number of hydrogen-bond acceptors (Lipinski definition) is 3. The van der Waals surface area contributed by atoms with Crippen molar-refractivity contribution in [1.82, 2.24) is 15.0 Å². The van der Waals surface area contributed by atoms with Gasteiger partial charge in [0.25, 0.3) is 0 Å². The average molecular weight is 219 g/mol. The number of nitrogens with zero attached hydrogens (tertiary/aromatic N) is 2. The number of nitrogens with one attached hydrogen (secondary N) is 1. The Balaban J connectivity index is 2.22. The zero-order valence-electron chi connectivity index (χ0n) is 9.95. The van der Waals surface area contributed by atoms with E-state index in [1.165, 1.54) is 0 Å². The largest absolute Gasteiger partial charge is 0.481 e. The van der Waals surface area contributed by atoms with Crippen molar-refractivity contribution in [1.29, 1.82) is 0 Å². The van der Waals surface area contributed by atoms with E-state index in [0.29, 0.717) is 11.8 Å². The van der Waals surface area contributed by atoms with E-state index in [1.807, 2.05) is 12.1 Å². The third kappa shape index (κ3) is 2.32. The molecule has 0 saturated heterocycles. The van der Waals surface area contributed by atoms with Crippen LogP contribution in [0.1, 0.15) is 26.1 Å². The number of fused-ring (bicyclic) bond motifs is 1. The Hall–Kier alpha value is -1.58. The number of H-pyrrole nitrogens is 1. The molecule has 2 rings (SSSR count). The maximum atomic E-state index is 5.06. The molecule has 86 valence electrons. The summed E-state index contributed by atoms with van der Waals surface area (Å²) in [5.74, 6) is 2.30. The van der Waals surface area contributed by atoms with Gasteiger partial charge in [0, 0.05) is 12.5 Å². The van der Waals surface area contributed by atoms with Gasteiger partial charge < -0.3 is 9.72 Å². The molecule has 0 bridgehead atoms. The summed E-state index contributed by atoms with van der Waals surface area (Å²) in [6.07, 6.45) is 2.10. The quantitative estimate of drug-likeness (QED) is 0.859. The number of aromatic amines is 1. The van der Waals surface area contributed by atoms with Crippen molar-refractivity contribution in [3.63, 3.8) is 0 Å². The Kier molecular flexibility index (Phi) is 3.08. The molecular weight excluding hydrogens is 202 g/mol. The van der Waals surface area contributed by atoms with Crippen molar-refractivity contribution in [3.05, 3.63) is 18.0 Å². The Morgan fingerprint density at radius 2 is 2.12 bits per heavy atom. The van der Waals surface area contributed by atoms with Crippen LogP contribution in [0.4, 0.5) is 0 Å². The Labute approximate surface area is 95.1 Å². The predicted molar refractivity (Wildman–Crippen MR) is 63.6 cm³/mol. The van der Waals surface area contributed by atoms with Gasteiger partial charge in [-0.15, -0.1) is 0 Å². The van der Waals surface area contributed by atoms with E-state index in [1.54, 1.807) is 7.11 Å².